The molecule has 0 atom stereocenters. The van der Waals surface area contributed by atoms with E-state index in [-0.39, 0.29) is 0 Å². The van der Waals surface area contributed by atoms with Crippen LogP contribution >= 0.6 is 0 Å². The third-order valence-corrected chi connectivity index (χ3v) is 1.93. The predicted molar refractivity (Wildman–Crippen MR) is 35.8 cm³/mol. The highest BCUT2D eigenvalue weighted by atomic mass is 32.2. The molecule has 12 heavy (non-hydrogen) atoms. The second-order valence-electron chi connectivity index (χ2n) is 3.10. The summed E-state index contributed by atoms with van der Waals surface area (Å²) < 4.78 is 59.4. The number of halogens is 3. The van der Waals surface area contributed by atoms with Crippen molar-refractivity contribution in [3.05, 3.63) is 0 Å². The van der Waals surface area contributed by atoms with Crippen molar-refractivity contribution in [3.8, 4) is 0 Å². The van der Waals surface area contributed by atoms with Gasteiger partial charge in [0.05, 0.1) is 5.60 Å². The van der Waals surface area contributed by atoms with Crippen molar-refractivity contribution in [2.45, 2.75) is 31.9 Å². The number of alkyl halides is 3. The van der Waals surface area contributed by atoms with E-state index in [1.54, 1.807) is 0 Å². The molecule has 7 heteroatoms. The van der Waals surface area contributed by atoms with Gasteiger partial charge in [0.25, 0.3) is 0 Å². The average Bonchev–Trinajstić information content (AvgIpc) is 1.52. The molecule has 0 N–H and O–H groups in total. The van der Waals surface area contributed by atoms with Gasteiger partial charge in [-0.05, 0) is 20.8 Å². The van der Waals surface area contributed by atoms with Gasteiger partial charge in [-0.3, -0.25) is 4.18 Å². The summed E-state index contributed by atoms with van der Waals surface area (Å²) in [5.74, 6) is 0. The van der Waals surface area contributed by atoms with Gasteiger partial charge in [-0.15, -0.1) is 0 Å². The van der Waals surface area contributed by atoms with Gasteiger partial charge in [-0.2, -0.15) is 21.6 Å². The smallest absolute Gasteiger partial charge is 0.257 e. The highest BCUT2D eigenvalue weighted by Crippen LogP contribution is 2.28. The Morgan fingerprint density at radius 2 is 1.42 bits per heavy atom. The van der Waals surface area contributed by atoms with Crippen molar-refractivity contribution in [1.29, 1.82) is 0 Å². The summed E-state index contributed by atoms with van der Waals surface area (Å²) in [7, 11) is -5.46. The van der Waals surface area contributed by atoms with Crippen molar-refractivity contribution in [1.82, 2.24) is 0 Å². The lowest BCUT2D eigenvalue weighted by molar-refractivity contribution is -0.0612. The van der Waals surface area contributed by atoms with Crippen LogP contribution in [0, 0.1) is 0 Å². The van der Waals surface area contributed by atoms with Crippen molar-refractivity contribution in [2.24, 2.45) is 0 Å². The lowest BCUT2D eigenvalue weighted by Gasteiger charge is -2.19. The highest BCUT2D eigenvalue weighted by Gasteiger charge is 2.49. The molecule has 0 heterocycles. The Labute approximate surface area is 68.6 Å². The van der Waals surface area contributed by atoms with Crippen LogP contribution in [0.2, 0.25) is 0 Å². The summed E-state index contributed by atoms with van der Waals surface area (Å²) in [6, 6.07) is 0. The molecule has 0 radical (unpaired) electrons. The van der Waals surface area contributed by atoms with E-state index in [9.17, 15) is 21.6 Å². The highest BCUT2D eigenvalue weighted by molar-refractivity contribution is 7.87. The van der Waals surface area contributed by atoms with E-state index in [1.807, 2.05) is 0 Å². The van der Waals surface area contributed by atoms with Crippen LogP contribution in [0.25, 0.3) is 0 Å². The standard InChI is InChI=1S/C5H9F3O3S/c1-4(2,3)11-12(9,10)5(6,7)8/h1-3H3. The molecule has 0 aromatic carbocycles. The van der Waals surface area contributed by atoms with Crippen molar-refractivity contribution in [2.75, 3.05) is 0 Å². The zero-order valence-electron chi connectivity index (χ0n) is 6.77. The van der Waals surface area contributed by atoms with Gasteiger partial charge < -0.3 is 0 Å². The van der Waals surface area contributed by atoms with Gasteiger partial charge in [0.2, 0.25) is 0 Å². The van der Waals surface area contributed by atoms with E-state index >= 15 is 0 Å². The van der Waals surface area contributed by atoms with E-state index in [1.165, 1.54) is 20.8 Å². The summed E-state index contributed by atoms with van der Waals surface area (Å²) in [6.07, 6.45) is 0. The first-order valence-electron chi connectivity index (χ1n) is 2.98. The fourth-order valence-electron chi connectivity index (χ4n) is 0.376. The molecule has 0 bridgehead atoms. The molecule has 0 aromatic rings. The minimum atomic E-state index is -5.46. The van der Waals surface area contributed by atoms with Crippen LogP contribution in [0.4, 0.5) is 13.2 Å². The Morgan fingerprint density at radius 3 is 1.50 bits per heavy atom. The third-order valence-electron chi connectivity index (χ3n) is 0.643. The van der Waals surface area contributed by atoms with Gasteiger partial charge in [0.15, 0.2) is 0 Å². The third kappa shape index (κ3) is 3.40. The molecule has 0 saturated carbocycles. The van der Waals surface area contributed by atoms with E-state index in [0.29, 0.717) is 0 Å². The fourth-order valence-corrected chi connectivity index (χ4v) is 1.13. The first-order valence-corrected chi connectivity index (χ1v) is 4.38. The minimum absolute atomic E-state index is 1.22. The number of hydrogen-bond acceptors (Lipinski definition) is 3. The second-order valence-corrected chi connectivity index (χ2v) is 4.63. The molecular weight excluding hydrogens is 197 g/mol. The minimum Gasteiger partial charge on any atom is -0.257 e. The van der Waals surface area contributed by atoms with Gasteiger partial charge in [0.1, 0.15) is 0 Å². The van der Waals surface area contributed by atoms with Crippen LogP contribution in [0.15, 0.2) is 0 Å². The summed E-state index contributed by atoms with van der Waals surface area (Å²) >= 11 is 0. The summed E-state index contributed by atoms with van der Waals surface area (Å²) in [4.78, 5) is 0. The number of hydrogen-bond donors (Lipinski definition) is 0. The zero-order chi connectivity index (χ0) is 10.2. The van der Waals surface area contributed by atoms with Gasteiger partial charge in [-0.25, -0.2) is 0 Å². The van der Waals surface area contributed by atoms with Gasteiger partial charge >= 0.3 is 15.6 Å². The van der Waals surface area contributed by atoms with Crippen LogP contribution in [0.1, 0.15) is 20.8 Å². The monoisotopic (exact) mass is 206 g/mol. The zero-order valence-corrected chi connectivity index (χ0v) is 7.58. The molecule has 0 rings (SSSR count). The van der Waals surface area contributed by atoms with E-state index in [0.717, 1.165) is 0 Å². The number of rotatable bonds is 1. The normalized spacial score (nSPS) is 14.8. The largest absolute Gasteiger partial charge is 0.523 e. The molecule has 0 aliphatic rings. The van der Waals surface area contributed by atoms with Gasteiger partial charge in [-0.1, -0.05) is 0 Å². The maximum Gasteiger partial charge on any atom is 0.523 e. The Bertz CT molecular complexity index is 246. The molecule has 74 valence electrons. The Morgan fingerprint density at radius 1 is 1.08 bits per heavy atom. The quantitative estimate of drug-likeness (QED) is 0.484. The first kappa shape index (κ1) is 11.7. The Balaban J connectivity index is 4.70. The van der Waals surface area contributed by atoms with Crippen LogP contribution in [-0.2, 0) is 14.3 Å². The predicted octanol–water partition coefficient (Wildman–Crippen LogP) is 1.65. The topological polar surface area (TPSA) is 43.4 Å². The Hall–Kier alpha value is -0.300. The van der Waals surface area contributed by atoms with Crippen LogP contribution in [-0.4, -0.2) is 19.5 Å². The lowest BCUT2D eigenvalue weighted by Crippen LogP contribution is -2.33. The fraction of sp³-hybridized carbons (Fsp3) is 1.00. The molecule has 0 aliphatic heterocycles. The van der Waals surface area contributed by atoms with Crippen molar-refractivity contribution < 1.29 is 25.8 Å². The molecule has 0 fully saturated rings. The molecule has 0 unspecified atom stereocenters. The van der Waals surface area contributed by atoms with Crippen molar-refractivity contribution >= 4 is 10.1 Å². The van der Waals surface area contributed by atoms with Gasteiger partial charge in [0, 0.05) is 0 Å². The van der Waals surface area contributed by atoms with E-state index in [4.69, 9.17) is 0 Å². The first-order chi connectivity index (χ1) is 4.96. The van der Waals surface area contributed by atoms with E-state index in [2.05, 4.69) is 4.18 Å². The molecule has 0 aliphatic carbocycles. The maximum atomic E-state index is 11.7. The van der Waals surface area contributed by atoms with Crippen LogP contribution in [0.5, 0.6) is 0 Å². The second kappa shape index (κ2) is 2.88. The average molecular weight is 206 g/mol. The molecule has 3 nitrogen and oxygen atoms in total. The molecule has 0 spiro atoms. The molecule has 0 aromatic heterocycles. The van der Waals surface area contributed by atoms with E-state index < -0.39 is 21.2 Å². The maximum absolute atomic E-state index is 11.7. The lowest BCUT2D eigenvalue weighted by atomic mass is 10.2. The summed E-state index contributed by atoms with van der Waals surface area (Å²) in [6.45, 7) is 3.66. The SMILES string of the molecule is CC(C)(C)OS(=O)(=O)C(F)(F)F. The molecular formula is C5H9F3O3S. The summed E-state index contributed by atoms with van der Waals surface area (Å²) in [5.41, 5.74) is -6.71. The van der Waals surface area contributed by atoms with Crippen molar-refractivity contribution in [3.63, 3.8) is 0 Å². The Kier molecular flexibility index (Phi) is 2.81. The molecule has 0 amide bonds. The van der Waals surface area contributed by atoms with Crippen LogP contribution < -0.4 is 0 Å². The van der Waals surface area contributed by atoms with Crippen LogP contribution in [0.3, 0.4) is 0 Å². The summed E-state index contributed by atoms with van der Waals surface area (Å²) in [5, 5.41) is 0. The molecule has 0 saturated heterocycles.